The second-order valence-electron chi connectivity index (χ2n) is 17.7. The molecule has 1 atom stereocenters. The first-order valence-electron chi connectivity index (χ1n) is 25.5. The van der Waals surface area contributed by atoms with Crippen molar-refractivity contribution in [2.24, 2.45) is 11.8 Å². The average molecular weight is 778 g/mol. The standard InChI is InChI=1S/C51H103NO3/c1-7-13-27-36-48(37-28-14-8-2)40-31-23-19-17-18-20-24-32-41-50(54-46-35-45-52(11-5)12-6)42-33-25-21-22-26-34-43-51(53)55-47-44-49(38-29-15-9-3)39-30-16-10-4/h48-50H,7-47H2,1-6H3. The van der Waals surface area contributed by atoms with Gasteiger partial charge in [-0.05, 0) is 57.0 Å². The first-order chi connectivity index (χ1) is 27.0. The third-order valence-electron chi connectivity index (χ3n) is 12.6. The lowest BCUT2D eigenvalue weighted by Gasteiger charge is -2.21. The molecule has 0 fully saturated rings. The molecule has 0 rings (SSSR count). The summed E-state index contributed by atoms with van der Waals surface area (Å²) < 4.78 is 12.2. The number of rotatable bonds is 46. The van der Waals surface area contributed by atoms with Crippen LogP contribution in [0.3, 0.4) is 0 Å². The topological polar surface area (TPSA) is 38.8 Å². The van der Waals surface area contributed by atoms with Crippen molar-refractivity contribution in [1.82, 2.24) is 4.90 Å². The minimum atomic E-state index is 0.0246. The van der Waals surface area contributed by atoms with Gasteiger partial charge in [0.15, 0.2) is 0 Å². The van der Waals surface area contributed by atoms with E-state index < -0.39 is 0 Å². The Morgan fingerprint density at radius 1 is 0.400 bits per heavy atom. The number of unbranched alkanes of at least 4 members (excludes halogenated alkanes) is 20. The van der Waals surface area contributed by atoms with E-state index in [2.05, 4.69) is 46.4 Å². The molecule has 0 amide bonds. The van der Waals surface area contributed by atoms with Crippen molar-refractivity contribution >= 4 is 5.97 Å². The largest absolute Gasteiger partial charge is 0.466 e. The zero-order valence-corrected chi connectivity index (χ0v) is 38.9. The number of carbonyl (C=O) groups is 1. The molecule has 0 aliphatic rings. The second-order valence-corrected chi connectivity index (χ2v) is 17.7. The molecular weight excluding hydrogens is 675 g/mol. The molecule has 55 heavy (non-hydrogen) atoms. The van der Waals surface area contributed by atoms with Crippen molar-refractivity contribution in [3.8, 4) is 0 Å². The van der Waals surface area contributed by atoms with Crippen LogP contribution in [0, 0.1) is 11.8 Å². The molecule has 0 saturated carbocycles. The summed E-state index contributed by atoms with van der Waals surface area (Å²) in [4.78, 5) is 14.9. The van der Waals surface area contributed by atoms with Crippen molar-refractivity contribution in [3.63, 3.8) is 0 Å². The van der Waals surface area contributed by atoms with E-state index in [0.717, 1.165) is 63.8 Å². The molecule has 0 aliphatic carbocycles. The lowest BCUT2D eigenvalue weighted by molar-refractivity contribution is -0.144. The molecule has 1 unspecified atom stereocenters. The van der Waals surface area contributed by atoms with E-state index in [9.17, 15) is 4.79 Å². The SMILES string of the molecule is CCCCCC(CCCCC)CCCCCCCCCCC(CCCCCCCCC(=O)OCCC(CCCCC)CCCCC)OCCCN(CC)CC. The van der Waals surface area contributed by atoms with Gasteiger partial charge >= 0.3 is 5.97 Å². The molecule has 0 radical (unpaired) electrons. The Kier molecular flexibility index (Phi) is 44.0. The van der Waals surface area contributed by atoms with E-state index in [0.29, 0.717) is 19.1 Å². The van der Waals surface area contributed by atoms with Crippen LogP contribution in [0.15, 0.2) is 0 Å². The monoisotopic (exact) mass is 778 g/mol. The van der Waals surface area contributed by atoms with Crippen molar-refractivity contribution in [2.75, 3.05) is 32.8 Å². The quantitative estimate of drug-likeness (QED) is 0.0456. The number of nitrogens with zero attached hydrogens (tertiary/aromatic N) is 1. The zero-order valence-electron chi connectivity index (χ0n) is 38.9. The second kappa shape index (κ2) is 44.5. The summed E-state index contributed by atoms with van der Waals surface area (Å²) in [5, 5.41) is 0. The van der Waals surface area contributed by atoms with Gasteiger partial charge in [0, 0.05) is 19.6 Å². The van der Waals surface area contributed by atoms with Gasteiger partial charge in [-0.1, -0.05) is 234 Å². The lowest BCUT2D eigenvalue weighted by atomic mass is 9.90. The highest BCUT2D eigenvalue weighted by molar-refractivity contribution is 5.69. The van der Waals surface area contributed by atoms with Crippen molar-refractivity contribution in [1.29, 1.82) is 0 Å². The molecule has 0 spiro atoms. The van der Waals surface area contributed by atoms with Crippen molar-refractivity contribution in [2.45, 2.75) is 279 Å². The number of ether oxygens (including phenoxy) is 2. The van der Waals surface area contributed by atoms with E-state index in [1.807, 2.05) is 0 Å². The molecule has 0 aromatic carbocycles. The normalized spacial score (nSPS) is 12.5. The number of carbonyl (C=O) groups excluding carboxylic acids is 1. The van der Waals surface area contributed by atoms with E-state index in [1.165, 1.54) is 199 Å². The summed E-state index contributed by atoms with van der Waals surface area (Å²) >= 11 is 0. The number of hydrogen-bond donors (Lipinski definition) is 0. The van der Waals surface area contributed by atoms with Crippen LogP contribution in [0.4, 0.5) is 0 Å². The van der Waals surface area contributed by atoms with Crippen LogP contribution in [0.2, 0.25) is 0 Å². The van der Waals surface area contributed by atoms with Gasteiger partial charge in [-0.3, -0.25) is 4.79 Å². The van der Waals surface area contributed by atoms with Crippen LogP contribution >= 0.6 is 0 Å². The maximum Gasteiger partial charge on any atom is 0.305 e. The first kappa shape index (κ1) is 54.4. The Hall–Kier alpha value is -0.610. The molecule has 0 heterocycles. The summed E-state index contributed by atoms with van der Waals surface area (Å²) in [6.45, 7) is 18.7. The van der Waals surface area contributed by atoms with Crippen LogP contribution in [-0.2, 0) is 14.3 Å². The summed E-state index contributed by atoms with van der Waals surface area (Å²) in [6, 6.07) is 0. The highest BCUT2D eigenvalue weighted by Gasteiger charge is 2.13. The lowest BCUT2D eigenvalue weighted by Crippen LogP contribution is -2.25. The molecule has 0 aromatic heterocycles. The van der Waals surface area contributed by atoms with Crippen LogP contribution in [0.1, 0.15) is 273 Å². The Morgan fingerprint density at radius 3 is 1.18 bits per heavy atom. The third-order valence-corrected chi connectivity index (χ3v) is 12.6. The summed E-state index contributed by atoms with van der Waals surface area (Å²) in [5.74, 6) is 1.76. The molecular formula is C51H103NO3. The smallest absolute Gasteiger partial charge is 0.305 e. The molecule has 0 aliphatic heterocycles. The Bertz CT molecular complexity index is 719. The van der Waals surface area contributed by atoms with Gasteiger partial charge < -0.3 is 14.4 Å². The van der Waals surface area contributed by atoms with Crippen LogP contribution in [-0.4, -0.2) is 49.8 Å². The van der Waals surface area contributed by atoms with Gasteiger partial charge in [-0.25, -0.2) is 0 Å². The summed E-state index contributed by atoms with van der Waals surface area (Å²) in [5.41, 5.74) is 0. The molecule has 4 heteroatoms. The minimum absolute atomic E-state index is 0.0246. The van der Waals surface area contributed by atoms with Gasteiger partial charge in [-0.2, -0.15) is 0 Å². The average Bonchev–Trinajstić information content (AvgIpc) is 3.19. The molecule has 0 N–H and O–H groups in total. The van der Waals surface area contributed by atoms with Gasteiger partial charge in [0.1, 0.15) is 0 Å². The Morgan fingerprint density at radius 2 is 0.764 bits per heavy atom. The summed E-state index contributed by atoms with van der Waals surface area (Å²) in [7, 11) is 0. The summed E-state index contributed by atoms with van der Waals surface area (Å²) in [6.07, 6.45) is 47.6. The molecule has 0 saturated heterocycles. The molecule has 0 aromatic rings. The fourth-order valence-electron chi connectivity index (χ4n) is 8.61. The van der Waals surface area contributed by atoms with Crippen LogP contribution in [0.25, 0.3) is 0 Å². The first-order valence-corrected chi connectivity index (χ1v) is 25.5. The maximum atomic E-state index is 12.4. The highest BCUT2D eigenvalue weighted by atomic mass is 16.5. The van der Waals surface area contributed by atoms with Crippen LogP contribution < -0.4 is 0 Å². The molecule has 330 valence electrons. The van der Waals surface area contributed by atoms with Crippen LogP contribution in [0.5, 0.6) is 0 Å². The van der Waals surface area contributed by atoms with Gasteiger partial charge in [0.2, 0.25) is 0 Å². The van der Waals surface area contributed by atoms with Gasteiger partial charge in [0.05, 0.1) is 12.7 Å². The van der Waals surface area contributed by atoms with Crippen molar-refractivity contribution < 1.29 is 14.3 Å². The van der Waals surface area contributed by atoms with Crippen molar-refractivity contribution in [3.05, 3.63) is 0 Å². The maximum absolute atomic E-state index is 12.4. The fraction of sp³-hybridized carbons (Fsp3) is 0.980. The van der Waals surface area contributed by atoms with E-state index in [1.54, 1.807) is 0 Å². The van der Waals surface area contributed by atoms with E-state index >= 15 is 0 Å². The van der Waals surface area contributed by atoms with Gasteiger partial charge in [-0.15, -0.1) is 0 Å². The van der Waals surface area contributed by atoms with E-state index in [-0.39, 0.29) is 5.97 Å². The Balaban J connectivity index is 4.21. The van der Waals surface area contributed by atoms with Gasteiger partial charge in [0.25, 0.3) is 0 Å². The molecule has 4 nitrogen and oxygen atoms in total. The van der Waals surface area contributed by atoms with E-state index in [4.69, 9.17) is 9.47 Å². The number of hydrogen-bond acceptors (Lipinski definition) is 4. The fourth-order valence-corrected chi connectivity index (χ4v) is 8.61. The Labute approximate surface area is 347 Å². The highest BCUT2D eigenvalue weighted by Crippen LogP contribution is 2.25. The zero-order chi connectivity index (χ0) is 40.3. The minimum Gasteiger partial charge on any atom is -0.466 e. The third kappa shape index (κ3) is 38.7. The predicted molar refractivity (Wildman–Crippen MR) is 244 cm³/mol. The number of esters is 1. The predicted octanol–water partition coefficient (Wildman–Crippen LogP) is 16.6. The molecule has 0 bridgehead atoms.